The number of hydrogen-bond acceptors (Lipinski definition) is 13. The minimum Gasteiger partial charge on any atom is -0.400 e. The zero-order valence-corrected chi connectivity index (χ0v) is 84.6. The summed E-state index contributed by atoms with van der Waals surface area (Å²) in [5.41, 5.74) is 13.8. The van der Waals surface area contributed by atoms with E-state index >= 15 is 0 Å². The number of aliphatic hydroxyl groups excluding tert-OH is 3. The molecule has 0 atom stereocenters. The largest absolute Gasteiger partial charge is 3.00 e. The van der Waals surface area contributed by atoms with Gasteiger partial charge in [0.2, 0.25) is 0 Å². The van der Waals surface area contributed by atoms with Crippen LogP contribution in [0.1, 0.15) is 6.92 Å². The second-order valence-electron chi connectivity index (χ2n) is 30.3. The average molecular weight is 2270 g/mol. The molecule has 20 aromatic rings. The van der Waals surface area contributed by atoms with Gasteiger partial charge in [-0.05, 0) is 162 Å². The molecule has 141 heavy (non-hydrogen) atoms. The fourth-order valence-electron chi connectivity index (χ4n) is 16.2. The summed E-state index contributed by atoms with van der Waals surface area (Å²) in [5, 5.41) is 32.6. The zero-order chi connectivity index (χ0) is 97.3. The third kappa shape index (κ3) is 26.7. The Bertz CT molecular complexity index is 6370. The molecule has 0 fully saturated rings. The van der Waals surface area contributed by atoms with Crippen LogP contribution in [0.5, 0.6) is 0 Å². The minimum absolute atomic E-state index is 0. The van der Waals surface area contributed by atoms with E-state index in [1.165, 1.54) is 64.2 Å². The maximum absolute atomic E-state index is 10.7. The molecule has 0 unspecified atom stereocenters. The molecular weight excluding hydrogens is 2170 g/mol. The molecule has 22 rings (SSSR count). The maximum Gasteiger partial charge on any atom is 3.00 e. The second-order valence-corrected chi connectivity index (χ2v) is 39.2. The Hall–Kier alpha value is -15.1. The van der Waals surface area contributed by atoms with Crippen LogP contribution in [0.4, 0.5) is 47.3 Å². The quantitative estimate of drug-likeness (QED) is 0.0390. The van der Waals surface area contributed by atoms with Crippen LogP contribution in [0.25, 0.3) is 67.5 Å². The Balaban J connectivity index is 0.000000168. The normalized spacial score (nSPS) is 11.5. The number of pyridine rings is 6. The predicted octanol–water partition coefficient (Wildman–Crippen LogP) is 21.4. The van der Waals surface area contributed by atoms with Gasteiger partial charge in [-0.25, -0.2) is 0 Å². The van der Waals surface area contributed by atoms with Gasteiger partial charge in [0.15, 0.2) is 16.1 Å². The summed E-state index contributed by atoms with van der Waals surface area (Å²) in [4.78, 5) is 31.1. The Labute approximate surface area is 851 Å². The third-order valence-corrected chi connectivity index (χ3v) is 32.2. The number of aliphatic hydroxyl groups is 3. The van der Waals surface area contributed by atoms with Gasteiger partial charge in [0.05, 0.1) is 5.69 Å². The van der Waals surface area contributed by atoms with Gasteiger partial charge in [-0.1, -0.05) is 273 Å². The SMILES string of the molecule is CCO.CO.CO.O=S(=O)(O)C(F)(F)F.[Ir+3].[Ir].[c-]1cc2c(cc1-c1ccccn1)[Si](c1ccccc1)(c1ccccc1)c1ccccc1N2c1ccccc1.[c-]1ccccc1-c1ccccn1.[c-]1ccccc1-c1ccccn1.[c-]1ccccc1-c1ccccn1.[c-]1ccccc1-c1ccccn1.c1ccc(N2c3ccccc3[Si](c3ccccc3)(c3ccccc3)c3cc(-c4ccccn4)ccc32)cc1. The summed E-state index contributed by atoms with van der Waals surface area (Å²) in [7, 11) is -9.23. The molecule has 2 aliphatic heterocycles. The number of benzene rings is 14. The third-order valence-electron chi connectivity index (χ3n) is 22.0. The van der Waals surface area contributed by atoms with Gasteiger partial charge in [0.1, 0.15) is 0 Å². The van der Waals surface area contributed by atoms with Gasteiger partial charge >= 0.3 is 35.7 Å². The molecular formula is C119H98F3Ir2N8O6SSi2-2. The van der Waals surface area contributed by atoms with Crippen LogP contribution in [-0.2, 0) is 50.3 Å². The number of nitrogens with zero attached hydrogens (tertiary/aromatic N) is 8. The molecule has 22 heteroatoms. The molecule has 2 aliphatic rings. The van der Waals surface area contributed by atoms with Gasteiger partial charge < -0.3 is 50.0 Å². The van der Waals surface area contributed by atoms with Crippen molar-refractivity contribution >= 4 is 102 Å². The van der Waals surface area contributed by atoms with Gasteiger partial charge in [-0.3, -0.25) is 9.54 Å². The van der Waals surface area contributed by atoms with E-state index in [0.717, 1.165) is 93.1 Å². The van der Waals surface area contributed by atoms with Crippen molar-refractivity contribution in [3.8, 4) is 67.5 Å². The molecule has 705 valence electrons. The first kappa shape index (κ1) is 106. The van der Waals surface area contributed by atoms with Crippen molar-refractivity contribution < 1.29 is 81.7 Å². The van der Waals surface area contributed by atoms with Crippen LogP contribution >= 0.6 is 0 Å². The summed E-state index contributed by atoms with van der Waals surface area (Å²) in [6, 6.07) is 178. The van der Waals surface area contributed by atoms with E-state index in [1.807, 2.05) is 200 Å². The van der Waals surface area contributed by atoms with E-state index in [4.69, 9.17) is 33.3 Å². The van der Waals surface area contributed by atoms with Crippen molar-refractivity contribution in [2.24, 2.45) is 0 Å². The molecule has 4 N–H and O–H groups in total. The topological polar surface area (TPSA) is 199 Å². The fourth-order valence-corrected chi connectivity index (χ4v) is 26.5. The molecule has 0 spiro atoms. The Morgan fingerprint density at radius 1 is 0.291 bits per heavy atom. The van der Waals surface area contributed by atoms with Crippen molar-refractivity contribution in [2.45, 2.75) is 12.4 Å². The minimum atomic E-state index is -5.84. The maximum atomic E-state index is 10.7. The first-order valence-corrected chi connectivity index (χ1v) is 49.9. The van der Waals surface area contributed by atoms with Crippen LogP contribution in [0.2, 0.25) is 0 Å². The van der Waals surface area contributed by atoms with Crippen molar-refractivity contribution in [2.75, 3.05) is 30.6 Å². The number of halogens is 3. The fraction of sp³-hybridized carbons (Fsp3) is 0.0420. The zero-order valence-electron chi connectivity index (χ0n) is 77.0. The predicted molar refractivity (Wildman–Crippen MR) is 563 cm³/mol. The standard InChI is InChI=1S/C35H26N2Si.C35H25N2Si.4C11H8N.C2H6O.CHF3O3S.2CH4O.2Ir/c2*1-4-14-28(15-5-1)37-32-21-10-11-22-34(32)38(29-16-6-2-7-17-29,30-18-8-3-9-19-30)35-26-27(23-24-33(35)37)31-20-12-13-25-36-31;4*1-2-6-10(7-3-1)11-8-4-5-9-12-11;1-2-3;2-1(3,4)8(5,6)7;2*1-2;;/h1-26H;1-22,24-26H;4*1-6,8-9H;3H,2H2,1H3;(H,5,6,7);2*2H,1H3;;/q;5*-1;;;;;;+3. The van der Waals surface area contributed by atoms with Gasteiger partial charge in [-0.15, -0.1) is 173 Å². The second kappa shape index (κ2) is 54.3. The van der Waals surface area contributed by atoms with E-state index in [0.29, 0.717) is 0 Å². The van der Waals surface area contributed by atoms with Crippen LogP contribution in [-0.4, -0.2) is 101 Å². The van der Waals surface area contributed by atoms with Gasteiger partial charge in [0.25, 0.3) is 0 Å². The number of fused-ring (bicyclic) bond motifs is 4. The first-order valence-electron chi connectivity index (χ1n) is 44.5. The first-order chi connectivity index (χ1) is 68.3. The molecule has 0 aliphatic carbocycles. The summed E-state index contributed by atoms with van der Waals surface area (Å²) in [6.07, 6.45) is 10.9. The van der Waals surface area contributed by atoms with Gasteiger partial charge in [-0.2, -0.15) is 21.6 Å². The van der Waals surface area contributed by atoms with Crippen molar-refractivity contribution in [1.82, 2.24) is 29.9 Å². The van der Waals surface area contributed by atoms with Crippen molar-refractivity contribution in [3.05, 3.63) is 535 Å². The molecule has 8 heterocycles. The Morgan fingerprint density at radius 2 is 0.532 bits per heavy atom. The Kier molecular flexibility index (Phi) is 41.0. The number of hydrogen-bond donors (Lipinski definition) is 4. The molecule has 0 saturated carbocycles. The molecule has 6 aromatic heterocycles. The van der Waals surface area contributed by atoms with Crippen LogP contribution < -0.4 is 51.3 Å². The summed E-state index contributed by atoms with van der Waals surface area (Å²) < 4.78 is 57.5. The smallest absolute Gasteiger partial charge is 0.400 e. The number of aromatic nitrogens is 6. The van der Waals surface area contributed by atoms with Crippen LogP contribution in [0, 0.1) is 30.3 Å². The molecule has 0 amide bonds. The van der Waals surface area contributed by atoms with Crippen LogP contribution in [0.3, 0.4) is 0 Å². The summed E-state index contributed by atoms with van der Waals surface area (Å²) in [6.45, 7) is 1.93. The van der Waals surface area contributed by atoms with Gasteiger partial charge in [0, 0.05) is 112 Å². The van der Waals surface area contributed by atoms with E-state index in [2.05, 4.69) is 344 Å². The van der Waals surface area contributed by atoms with Crippen LogP contribution in [0.15, 0.2) is 504 Å². The molecule has 0 saturated heterocycles. The molecule has 14 aromatic carbocycles. The van der Waals surface area contributed by atoms with Crippen molar-refractivity contribution in [1.29, 1.82) is 0 Å². The molecule has 0 bridgehead atoms. The summed E-state index contributed by atoms with van der Waals surface area (Å²) in [5.74, 6) is 0. The van der Waals surface area contributed by atoms with E-state index in [1.54, 1.807) is 31.7 Å². The number of anilines is 6. The number of rotatable bonds is 12. The van der Waals surface area contributed by atoms with E-state index in [-0.39, 0.29) is 46.8 Å². The summed E-state index contributed by atoms with van der Waals surface area (Å²) >= 11 is 0. The van der Waals surface area contributed by atoms with Crippen molar-refractivity contribution in [3.63, 3.8) is 0 Å². The van der Waals surface area contributed by atoms with E-state index in [9.17, 15) is 13.2 Å². The number of para-hydroxylation sites is 4. The average Bonchev–Trinajstić information content (AvgIpc) is 0.697. The monoisotopic (exact) mass is 2270 g/mol. The number of alkyl halides is 3. The molecule has 1 radical (unpaired) electrons. The van der Waals surface area contributed by atoms with E-state index < -0.39 is 31.8 Å². The molecule has 14 nitrogen and oxygen atoms in total. The Morgan fingerprint density at radius 3 is 0.809 bits per heavy atom.